The third kappa shape index (κ3) is 4.48. The van der Waals surface area contributed by atoms with Gasteiger partial charge in [0.2, 0.25) is 5.89 Å². The van der Waals surface area contributed by atoms with Crippen LogP contribution in [0.4, 0.5) is 0 Å². The number of carbonyl (C=O) groups excluding carboxylic acids is 1. The first-order chi connectivity index (χ1) is 12.0. The van der Waals surface area contributed by atoms with Gasteiger partial charge >= 0.3 is 0 Å². The van der Waals surface area contributed by atoms with E-state index in [0.717, 1.165) is 32.5 Å². The van der Waals surface area contributed by atoms with Crippen LogP contribution in [0.15, 0.2) is 34.9 Å². The molecule has 0 atom stereocenters. The number of carbonyl (C=O) groups is 1. The van der Waals surface area contributed by atoms with Crippen molar-refractivity contribution in [1.82, 2.24) is 14.8 Å². The molecule has 1 saturated heterocycles. The van der Waals surface area contributed by atoms with E-state index in [1.165, 1.54) is 17.4 Å². The first-order valence-corrected chi connectivity index (χ1v) is 9.06. The van der Waals surface area contributed by atoms with Crippen LogP contribution in [0.25, 0.3) is 0 Å². The Balaban J connectivity index is 1.67. The van der Waals surface area contributed by atoms with E-state index in [0.29, 0.717) is 24.2 Å². The fraction of sp³-hybridized carbons (Fsp3) is 0.500. The van der Waals surface area contributed by atoms with Crippen LogP contribution in [-0.4, -0.2) is 39.8 Å². The molecule has 5 heteroatoms. The highest BCUT2D eigenvalue weighted by Crippen LogP contribution is 2.16. The molecule has 0 spiro atoms. The number of benzene rings is 1. The second-order valence-corrected chi connectivity index (χ2v) is 7.11. The van der Waals surface area contributed by atoms with Crippen LogP contribution in [-0.2, 0) is 13.1 Å². The van der Waals surface area contributed by atoms with Crippen molar-refractivity contribution in [2.24, 2.45) is 0 Å². The minimum Gasteiger partial charge on any atom is -0.447 e. The molecular formula is C20H27N3O2. The van der Waals surface area contributed by atoms with E-state index in [-0.39, 0.29) is 5.91 Å². The molecule has 0 bridgehead atoms. The summed E-state index contributed by atoms with van der Waals surface area (Å²) in [6.45, 7) is 9.51. The summed E-state index contributed by atoms with van der Waals surface area (Å²) in [4.78, 5) is 21.0. The number of likely N-dealkylation sites (tertiary alicyclic amines) is 1. The highest BCUT2D eigenvalue weighted by molar-refractivity contribution is 5.92. The standard InChI is InChI=1S/C20H27N3O2/c1-15(2)23(12-17-8-6-7-16(3)11-17)13-19-21-18(14-25-19)20(24)22-9-4-5-10-22/h6-8,11,14-15H,4-5,9-10,12-13H2,1-3H3. The number of aromatic nitrogens is 1. The summed E-state index contributed by atoms with van der Waals surface area (Å²) in [6, 6.07) is 8.88. The third-order valence-electron chi connectivity index (χ3n) is 4.70. The lowest BCUT2D eigenvalue weighted by Gasteiger charge is -2.25. The van der Waals surface area contributed by atoms with Crippen molar-refractivity contribution in [3.63, 3.8) is 0 Å². The second-order valence-electron chi connectivity index (χ2n) is 7.11. The Morgan fingerprint density at radius 1 is 1.28 bits per heavy atom. The molecule has 3 rings (SSSR count). The predicted octanol–water partition coefficient (Wildman–Crippen LogP) is 3.63. The first kappa shape index (κ1) is 17.7. The van der Waals surface area contributed by atoms with Gasteiger partial charge in [0.25, 0.3) is 5.91 Å². The van der Waals surface area contributed by atoms with Gasteiger partial charge in [0.15, 0.2) is 5.69 Å². The van der Waals surface area contributed by atoms with Crippen molar-refractivity contribution < 1.29 is 9.21 Å². The van der Waals surface area contributed by atoms with Gasteiger partial charge in [-0.2, -0.15) is 0 Å². The zero-order chi connectivity index (χ0) is 17.8. The Kier molecular flexibility index (Phi) is 5.53. The van der Waals surface area contributed by atoms with Gasteiger partial charge in [0.05, 0.1) is 6.54 Å². The summed E-state index contributed by atoms with van der Waals surface area (Å²) in [6.07, 6.45) is 3.66. The third-order valence-corrected chi connectivity index (χ3v) is 4.70. The number of rotatable bonds is 6. The lowest BCUT2D eigenvalue weighted by molar-refractivity contribution is 0.0787. The minimum absolute atomic E-state index is 0.0118. The molecule has 0 aliphatic carbocycles. The summed E-state index contributed by atoms with van der Waals surface area (Å²) < 4.78 is 5.59. The molecule has 0 radical (unpaired) electrons. The Morgan fingerprint density at radius 2 is 2.04 bits per heavy atom. The molecule has 1 fully saturated rings. The lowest BCUT2D eigenvalue weighted by Crippen LogP contribution is -2.30. The number of nitrogens with zero attached hydrogens (tertiary/aromatic N) is 3. The summed E-state index contributed by atoms with van der Waals surface area (Å²) >= 11 is 0. The van der Waals surface area contributed by atoms with Crippen molar-refractivity contribution >= 4 is 5.91 Å². The molecule has 25 heavy (non-hydrogen) atoms. The number of oxazole rings is 1. The van der Waals surface area contributed by atoms with Crippen LogP contribution in [0.1, 0.15) is 54.2 Å². The van der Waals surface area contributed by atoms with Crippen molar-refractivity contribution in [3.05, 3.63) is 53.2 Å². The van der Waals surface area contributed by atoms with Crippen LogP contribution in [0.3, 0.4) is 0 Å². The van der Waals surface area contributed by atoms with E-state index in [4.69, 9.17) is 4.42 Å². The molecule has 1 aliphatic rings. The van der Waals surface area contributed by atoms with Crippen LogP contribution < -0.4 is 0 Å². The highest BCUT2D eigenvalue weighted by atomic mass is 16.3. The van der Waals surface area contributed by atoms with Gasteiger partial charge in [-0.15, -0.1) is 0 Å². The fourth-order valence-corrected chi connectivity index (χ4v) is 3.20. The smallest absolute Gasteiger partial charge is 0.275 e. The van der Waals surface area contributed by atoms with Gasteiger partial charge in [-0.05, 0) is 39.2 Å². The van der Waals surface area contributed by atoms with E-state index >= 15 is 0 Å². The van der Waals surface area contributed by atoms with Gasteiger partial charge in [-0.1, -0.05) is 29.8 Å². The van der Waals surface area contributed by atoms with E-state index in [2.05, 4.69) is 54.9 Å². The predicted molar refractivity (Wildman–Crippen MR) is 97.2 cm³/mol. The van der Waals surface area contributed by atoms with Crippen LogP contribution in [0, 0.1) is 6.92 Å². The highest BCUT2D eigenvalue weighted by Gasteiger charge is 2.23. The second kappa shape index (κ2) is 7.83. The van der Waals surface area contributed by atoms with Gasteiger partial charge in [0, 0.05) is 25.7 Å². The summed E-state index contributed by atoms with van der Waals surface area (Å²) in [5.74, 6) is 0.589. The zero-order valence-corrected chi connectivity index (χ0v) is 15.4. The van der Waals surface area contributed by atoms with Gasteiger partial charge in [0.1, 0.15) is 6.26 Å². The Hall–Kier alpha value is -2.14. The summed E-state index contributed by atoms with van der Waals surface area (Å²) in [7, 11) is 0. The Morgan fingerprint density at radius 3 is 2.72 bits per heavy atom. The Bertz CT molecular complexity index is 717. The van der Waals surface area contributed by atoms with E-state index in [9.17, 15) is 4.79 Å². The van der Waals surface area contributed by atoms with Crippen molar-refractivity contribution in [2.75, 3.05) is 13.1 Å². The normalized spacial score (nSPS) is 14.7. The first-order valence-electron chi connectivity index (χ1n) is 9.06. The Labute approximate surface area is 149 Å². The van der Waals surface area contributed by atoms with E-state index in [1.54, 1.807) is 0 Å². The molecular weight excluding hydrogens is 314 g/mol. The molecule has 0 N–H and O–H groups in total. The maximum atomic E-state index is 12.4. The monoisotopic (exact) mass is 341 g/mol. The maximum absolute atomic E-state index is 12.4. The molecule has 1 aliphatic heterocycles. The van der Waals surface area contributed by atoms with Crippen LogP contribution in [0.5, 0.6) is 0 Å². The molecule has 1 amide bonds. The maximum Gasteiger partial charge on any atom is 0.275 e. The molecule has 5 nitrogen and oxygen atoms in total. The van der Waals surface area contributed by atoms with Crippen molar-refractivity contribution in [2.45, 2.75) is 52.7 Å². The average molecular weight is 341 g/mol. The zero-order valence-electron chi connectivity index (χ0n) is 15.4. The molecule has 1 aromatic carbocycles. The number of aryl methyl sites for hydroxylation is 1. The molecule has 0 saturated carbocycles. The lowest BCUT2D eigenvalue weighted by atomic mass is 10.1. The minimum atomic E-state index is -0.0118. The summed E-state index contributed by atoms with van der Waals surface area (Å²) in [5.41, 5.74) is 2.96. The quantitative estimate of drug-likeness (QED) is 0.805. The van der Waals surface area contributed by atoms with Gasteiger partial charge in [-0.3, -0.25) is 9.69 Å². The van der Waals surface area contributed by atoms with Crippen molar-refractivity contribution in [1.29, 1.82) is 0 Å². The van der Waals surface area contributed by atoms with Crippen molar-refractivity contribution in [3.8, 4) is 0 Å². The number of amides is 1. The number of hydrogen-bond acceptors (Lipinski definition) is 4. The summed E-state index contributed by atoms with van der Waals surface area (Å²) in [5, 5.41) is 0. The molecule has 2 aromatic rings. The van der Waals surface area contributed by atoms with Crippen LogP contribution in [0.2, 0.25) is 0 Å². The average Bonchev–Trinajstić information content (AvgIpc) is 3.25. The topological polar surface area (TPSA) is 49.6 Å². The molecule has 134 valence electrons. The van der Waals surface area contributed by atoms with Gasteiger partial charge in [-0.25, -0.2) is 4.98 Å². The van der Waals surface area contributed by atoms with Crippen LogP contribution >= 0.6 is 0 Å². The number of hydrogen-bond donors (Lipinski definition) is 0. The van der Waals surface area contributed by atoms with E-state index in [1.807, 2.05) is 4.90 Å². The molecule has 1 aromatic heterocycles. The SMILES string of the molecule is Cc1cccc(CN(Cc2nc(C(=O)N3CCCC3)co2)C(C)C)c1. The van der Waals surface area contributed by atoms with E-state index < -0.39 is 0 Å². The largest absolute Gasteiger partial charge is 0.447 e. The molecule has 2 heterocycles. The molecule has 0 unspecified atom stereocenters. The van der Waals surface area contributed by atoms with Gasteiger partial charge < -0.3 is 9.32 Å². The fourth-order valence-electron chi connectivity index (χ4n) is 3.20.